The fraction of sp³-hybridized carbons (Fsp3) is 1.00. The van der Waals surface area contributed by atoms with Gasteiger partial charge in [-0.15, -0.1) is 0 Å². The summed E-state index contributed by atoms with van der Waals surface area (Å²) < 4.78 is 0. The fourth-order valence-electron chi connectivity index (χ4n) is 2.84. The highest BCUT2D eigenvalue weighted by Crippen LogP contribution is 2.33. The molecule has 16 heavy (non-hydrogen) atoms. The number of likely N-dealkylation sites (N-methyl/N-ethyl adjacent to an activating group) is 2. The first kappa shape index (κ1) is 12.3. The molecule has 3 heteroatoms. The molecule has 0 aromatic heterocycles. The first-order chi connectivity index (χ1) is 7.70. The highest BCUT2D eigenvalue weighted by molar-refractivity contribution is 4.90. The Morgan fingerprint density at radius 1 is 1.31 bits per heavy atom. The van der Waals surface area contributed by atoms with E-state index in [4.69, 9.17) is 0 Å². The molecule has 1 saturated carbocycles. The molecule has 0 amide bonds. The van der Waals surface area contributed by atoms with Crippen molar-refractivity contribution in [1.82, 2.24) is 15.1 Å². The van der Waals surface area contributed by atoms with Crippen molar-refractivity contribution in [2.45, 2.75) is 38.8 Å². The summed E-state index contributed by atoms with van der Waals surface area (Å²) in [5.41, 5.74) is 0. The summed E-state index contributed by atoms with van der Waals surface area (Å²) in [7, 11) is 2.23. The van der Waals surface area contributed by atoms with Gasteiger partial charge in [0.05, 0.1) is 0 Å². The minimum atomic E-state index is 0.721. The number of hydrogen-bond acceptors (Lipinski definition) is 3. The van der Waals surface area contributed by atoms with E-state index in [9.17, 15) is 0 Å². The lowest BCUT2D eigenvalue weighted by Gasteiger charge is -2.40. The van der Waals surface area contributed by atoms with Gasteiger partial charge in [0, 0.05) is 38.3 Å². The Balaban J connectivity index is 1.82. The SMILES string of the molecule is CCNC(CN1CCN(C)CC1C)C1CC1. The molecule has 0 bridgehead atoms. The molecule has 1 aliphatic heterocycles. The Bertz CT molecular complexity index is 215. The summed E-state index contributed by atoms with van der Waals surface area (Å²) in [6, 6.07) is 1.47. The molecular weight excluding hydrogens is 198 g/mol. The minimum Gasteiger partial charge on any atom is -0.313 e. The van der Waals surface area contributed by atoms with E-state index in [-0.39, 0.29) is 0 Å². The number of piperazine rings is 1. The summed E-state index contributed by atoms with van der Waals surface area (Å²) in [5, 5.41) is 3.67. The maximum absolute atomic E-state index is 3.67. The number of rotatable bonds is 5. The molecule has 0 aromatic rings. The lowest BCUT2D eigenvalue weighted by atomic mass is 10.1. The van der Waals surface area contributed by atoms with E-state index in [1.165, 1.54) is 39.0 Å². The van der Waals surface area contributed by atoms with Crippen molar-refractivity contribution in [2.24, 2.45) is 5.92 Å². The second-order valence-electron chi connectivity index (χ2n) is 5.61. The van der Waals surface area contributed by atoms with Gasteiger partial charge >= 0.3 is 0 Å². The van der Waals surface area contributed by atoms with Gasteiger partial charge in [-0.2, -0.15) is 0 Å². The van der Waals surface area contributed by atoms with Gasteiger partial charge in [-0.1, -0.05) is 6.92 Å². The van der Waals surface area contributed by atoms with Crippen LogP contribution in [0.4, 0.5) is 0 Å². The quantitative estimate of drug-likeness (QED) is 0.753. The van der Waals surface area contributed by atoms with Crippen LogP contribution < -0.4 is 5.32 Å². The number of nitrogens with one attached hydrogen (secondary N) is 1. The average Bonchev–Trinajstić information content (AvgIpc) is 3.04. The summed E-state index contributed by atoms with van der Waals surface area (Å²) >= 11 is 0. The average molecular weight is 225 g/mol. The van der Waals surface area contributed by atoms with Crippen LogP contribution in [0.15, 0.2) is 0 Å². The molecule has 3 nitrogen and oxygen atoms in total. The van der Waals surface area contributed by atoms with Crippen molar-refractivity contribution < 1.29 is 0 Å². The Kier molecular flexibility index (Phi) is 4.22. The van der Waals surface area contributed by atoms with E-state index in [1.807, 2.05) is 0 Å². The first-order valence-corrected chi connectivity index (χ1v) is 6.86. The fourth-order valence-corrected chi connectivity index (χ4v) is 2.84. The third-order valence-electron chi connectivity index (χ3n) is 4.06. The van der Waals surface area contributed by atoms with Crippen molar-refractivity contribution in [2.75, 3.05) is 39.8 Å². The van der Waals surface area contributed by atoms with Crippen LogP contribution in [-0.2, 0) is 0 Å². The van der Waals surface area contributed by atoms with Gasteiger partial charge in [-0.05, 0) is 39.3 Å². The summed E-state index contributed by atoms with van der Waals surface area (Å²) in [5.74, 6) is 0.965. The molecule has 0 radical (unpaired) electrons. The highest BCUT2D eigenvalue weighted by atomic mass is 15.3. The molecule has 0 aromatic carbocycles. The second kappa shape index (κ2) is 5.48. The summed E-state index contributed by atoms with van der Waals surface area (Å²) in [6.07, 6.45) is 2.89. The smallest absolute Gasteiger partial charge is 0.0223 e. The maximum atomic E-state index is 3.67. The van der Waals surface area contributed by atoms with Crippen molar-refractivity contribution in [3.05, 3.63) is 0 Å². The van der Waals surface area contributed by atoms with Crippen LogP contribution in [0.1, 0.15) is 26.7 Å². The van der Waals surface area contributed by atoms with E-state index in [0.29, 0.717) is 0 Å². The predicted octanol–water partition coefficient (Wildman–Crippen LogP) is 1.01. The molecule has 94 valence electrons. The monoisotopic (exact) mass is 225 g/mol. The van der Waals surface area contributed by atoms with Gasteiger partial charge in [0.25, 0.3) is 0 Å². The van der Waals surface area contributed by atoms with E-state index < -0.39 is 0 Å². The largest absolute Gasteiger partial charge is 0.313 e. The standard InChI is InChI=1S/C13H27N3/c1-4-14-13(12-5-6-12)10-16-8-7-15(3)9-11(16)2/h11-14H,4-10H2,1-3H3. The first-order valence-electron chi connectivity index (χ1n) is 6.86. The maximum Gasteiger partial charge on any atom is 0.0223 e. The molecule has 2 fully saturated rings. The predicted molar refractivity (Wildman–Crippen MR) is 68.7 cm³/mol. The number of nitrogens with zero attached hydrogens (tertiary/aromatic N) is 2. The minimum absolute atomic E-state index is 0.721. The Morgan fingerprint density at radius 2 is 2.06 bits per heavy atom. The second-order valence-corrected chi connectivity index (χ2v) is 5.61. The van der Waals surface area contributed by atoms with Crippen LogP contribution in [0, 0.1) is 5.92 Å². The van der Waals surface area contributed by atoms with E-state index in [1.54, 1.807) is 0 Å². The van der Waals surface area contributed by atoms with Crippen LogP contribution in [0.25, 0.3) is 0 Å². The molecule has 1 heterocycles. The molecule has 1 saturated heterocycles. The summed E-state index contributed by atoms with van der Waals surface area (Å²) in [6.45, 7) is 10.7. The van der Waals surface area contributed by atoms with Gasteiger partial charge in [0.15, 0.2) is 0 Å². The highest BCUT2D eigenvalue weighted by Gasteiger charge is 2.33. The van der Waals surface area contributed by atoms with Crippen LogP contribution >= 0.6 is 0 Å². The Labute approximate surface area is 100 Å². The third-order valence-corrected chi connectivity index (χ3v) is 4.06. The lowest BCUT2D eigenvalue weighted by Crippen LogP contribution is -2.54. The molecule has 1 aliphatic carbocycles. The zero-order valence-corrected chi connectivity index (χ0v) is 11.1. The van der Waals surface area contributed by atoms with E-state index in [2.05, 4.69) is 36.0 Å². The normalized spacial score (nSPS) is 30.6. The molecule has 2 aliphatic rings. The Morgan fingerprint density at radius 3 is 2.62 bits per heavy atom. The van der Waals surface area contributed by atoms with Gasteiger partial charge in [-0.3, -0.25) is 4.90 Å². The topological polar surface area (TPSA) is 18.5 Å². The zero-order chi connectivity index (χ0) is 11.5. The molecular formula is C13H27N3. The van der Waals surface area contributed by atoms with Crippen molar-refractivity contribution >= 4 is 0 Å². The van der Waals surface area contributed by atoms with Gasteiger partial charge in [0.2, 0.25) is 0 Å². The van der Waals surface area contributed by atoms with Gasteiger partial charge < -0.3 is 10.2 Å². The van der Waals surface area contributed by atoms with Crippen molar-refractivity contribution in [1.29, 1.82) is 0 Å². The van der Waals surface area contributed by atoms with E-state index >= 15 is 0 Å². The van der Waals surface area contributed by atoms with Gasteiger partial charge in [-0.25, -0.2) is 0 Å². The van der Waals surface area contributed by atoms with Crippen LogP contribution in [-0.4, -0.2) is 61.7 Å². The molecule has 2 atom stereocenters. The molecule has 2 unspecified atom stereocenters. The van der Waals surface area contributed by atoms with Gasteiger partial charge in [0.1, 0.15) is 0 Å². The summed E-state index contributed by atoms with van der Waals surface area (Å²) in [4.78, 5) is 5.12. The van der Waals surface area contributed by atoms with Crippen LogP contribution in [0.5, 0.6) is 0 Å². The lowest BCUT2D eigenvalue weighted by molar-refractivity contribution is 0.0879. The van der Waals surface area contributed by atoms with Crippen molar-refractivity contribution in [3.63, 3.8) is 0 Å². The molecule has 2 rings (SSSR count). The van der Waals surface area contributed by atoms with Crippen molar-refractivity contribution in [3.8, 4) is 0 Å². The van der Waals surface area contributed by atoms with E-state index in [0.717, 1.165) is 24.5 Å². The molecule has 0 spiro atoms. The Hall–Kier alpha value is -0.120. The van der Waals surface area contributed by atoms with Crippen LogP contribution in [0.3, 0.4) is 0 Å². The van der Waals surface area contributed by atoms with Crippen LogP contribution in [0.2, 0.25) is 0 Å². The zero-order valence-electron chi connectivity index (χ0n) is 11.1. The molecule has 1 N–H and O–H groups in total. The third kappa shape index (κ3) is 3.19. The number of hydrogen-bond donors (Lipinski definition) is 1.